The average molecular weight is 567 g/mol. The highest BCUT2D eigenvalue weighted by Crippen LogP contribution is 2.48. The lowest BCUT2D eigenvalue weighted by Crippen LogP contribution is -2.31. The Kier molecular flexibility index (Phi) is 6.89. The second-order valence-corrected chi connectivity index (χ2v) is 12.5. The highest BCUT2D eigenvalue weighted by Gasteiger charge is 2.42. The number of rotatable bonds is 4. The number of aliphatic imine (C=N–C) groups is 1. The van der Waals surface area contributed by atoms with Crippen molar-refractivity contribution < 1.29 is 14.5 Å². The van der Waals surface area contributed by atoms with Gasteiger partial charge in [-0.2, -0.15) is 0 Å². The molecule has 0 radical (unpaired) electrons. The molecule has 3 aliphatic heterocycles. The van der Waals surface area contributed by atoms with Gasteiger partial charge in [-0.15, -0.1) is 0 Å². The van der Waals surface area contributed by atoms with Crippen LogP contribution in [0.2, 0.25) is 0 Å². The van der Waals surface area contributed by atoms with Crippen LogP contribution in [0.15, 0.2) is 81.9 Å². The molecule has 0 unspecified atom stereocenters. The SMILES string of the molecule is O=C1C(c2sc(N3CCCCC3)nc2-c2ccccc2)=C([O-])/C1=C1\SC(=[N+]2CCCCC2)N=C1c1ccccc1. The third-order valence-electron chi connectivity index (χ3n) is 7.94. The molecule has 2 aromatic carbocycles. The Balaban J connectivity index is 1.34. The Hall–Kier alpha value is -3.49. The highest BCUT2D eigenvalue weighted by molar-refractivity contribution is 8.18. The Bertz CT molecular complexity index is 1590. The Morgan fingerprint density at radius 3 is 2.12 bits per heavy atom. The Labute approximate surface area is 242 Å². The van der Waals surface area contributed by atoms with E-state index >= 15 is 0 Å². The lowest BCUT2D eigenvalue weighted by molar-refractivity contribution is -0.535. The lowest BCUT2D eigenvalue weighted by atomic mass is 9.84. The maximum atomic E-state index is 13.9. The van der Waals surface area contributed by atoms with E-state index in [1.165, 1.54) is 35.9 Å². The summed E-state index contributed by atoms with van der Waals surface area (Å²) in [7, 11) is 0. The van der Waals surface area contributed by atoms with Gasteiger partial charge in [0, 0.05) is 47.1 Å². The molecule has 0 atom stereocenters. The molecule has 8 heteroatoms. The Morgan fingerprint density at radius 2 is 1.45 bits per heavy atom. The van der Waals surface area contributed by atoms with Crippen LogP contribution in [0.25, 0.3) is 16.8 Å². The number of benzene rings is 2. The van der Waals surface area contributed by atoms with Crippen LogP contribution in [0, 0.1) is 0 Å². The van der Waals surface area contributed by atoms with Crippen molar-refractivity contribution in [3.63, 3.8) is 0 Å². The van der Waals surface area contributed by atoms with E-state index in [0.29, 0.717) is 9.78 Å². The number of allylic oxidation sites excluding steroid dienone is 3. The third-order valence-corrected chi connectivity index (χ3v) is 10.2. The van der Waals surface area contributed by atoms with Gasteiger partial charge in [0.15, 0.2) is 16.6 Å². The van der Waals surface area contributed by atoms with E-state index in [1.54, 1.807) is 0 Å². The number of carbonyl (C=O) groups excluding carboxylic acids is 1. The van der Waals surface area contributed by atoms with Crippen molar-refractivity contribution in [3.05, 3.63) is 87.3 Å². The number of anilines is 1. The predicted molar refractivity (Wildman–Crippen MR) is 162 cm³/mol. The first-order valence-corrected chi connectivity index (χ1v) is 15.8. The first-order chi connectivity index (χ1) is 19.7. The fraction of sp³-hybridized carbons (Fsp3) is 0.312. The summed E-state index contributed by atoms with van der Waals surface area (Å²) in [6, 6.07) is 19.8. The maximum Gasteiger partial charge on any atom is 0.360 e. The molecular weight excluding hydrogens is 537 g/mol. The molecule has 202 valence electrons. The summed E-state index contributed by atoms with van der Waals surface area (Å²) in [5, 5.41) is 15.7. The van der Waals surface area contributed by atoms with E-state index in [2.05, 4.69) is 9.48 Å². The number of thioether (sulfide) groups is 1. The van der Waals surface area contributed by atoms with Crippen LogP contribution in [0.1, 0.15) is 49.0 Å². The fourth-order valence-corrected chi connectivity index (χ4v) is 8.14. The summed E-state index contributed by atoms with van der Waals surface area (Å²) in [6.07, 6.45) is 6.99. The lowest BCUT2D eigenvalue weighted by Gasteiger charge is -2.31. The monoisotopic (exact) mass is 566 g/mol. The largest absolute Gasteiger partial charge is 0.871 e. The molecule has 7 rings (SSSR count). The van der Waals surface area contributed by atoms with E-state index in [9.17, 15) is 9.90 Å². The third kappa shape index (κ3) is 4.53. The van der Waals surface area contributed by atoms with Gasteiger partial charge >= 0.3 is 5.17 Å². The molecule has 0 N–H and O–H groups in total. The van der Waals surface area contributed by atoms with Crippen molar-refractivity contribution in [1.29, 1.82) is 0 Å². The molecule has 3 aromatic rings. The van der Waals surface area contributed by atoms with Crippen molar-refractivity contribution in [1.82, 2.24) is 4.98 Å². The minimum atomic E-state index is -0.193. The molecule has 1 aromatic heterocycles. The zero-order chi connectivity index (χ0) is 27.1. The zero-order valence-corrected chi connectivity index (χ0v) is 23.9. The number of nitrogens with zero attached hydrogens (tertiary/aromatic N) is 4. The first-order valence-electron chi connectivity index (χ1n) is 14.2. The molecule has 6 nitrogen and oxygen atoms in total. The molecule has 4 aliphatic rings. The van der Waals surface area contributed by atoms with E-state index in [0.717, 1.165) is 84.7 Å². The van der Waals surface area contributed by atoms with Crippen LogP contribution in [-0.2, 0) is 4.79 Å². The van der Waals surface area contributed by atoms with Crippen LogP contribution in [0.5, 0.6) is 0 Å². The van der Waals surface area contributed by atoms with Crippen LogP contribution >= 0.6 is 23.1 Å². The quantitative estimate of drug-likeness (QED) is 0.308. The van der Waals surface area contributed by atoms with Gasteiger partial charge in [-0.1, -0.05) is 77.8 Å². The van der Waals surface area contributed by atoms with Gasteiger partial charge in [-0.25, -0.2) is 4.98 Å². The Morgan fingerprint density at radius 1 is 0.800 bits per heavy atom. The van der Waals surface area contributed by atoms with Crippen LogP contribution in [0.3, 0.4) is 0 Å². The molecule has 0 spiro atoms. The van der Waals surface area contributed by atoms with E-state index in [4.69, 9.17) is 9.98 Å². The number of piperidine rings is 2. The number of Topliss-reactive ketones (excluding diaryl/α,β-unsaturated/α-hetero) is 1. The van der Waals surface area contributed by atoms with Gasteiger partial charge < -0.3 is 10.0 Å². The number of hydrogen-bond acceptors (Lipinski definition) is 6. The molecule has 1 aliphatic carbocycles. The fourth-order valence-electron chi connectivity index (χ4n) is 5.79. The predicted octanol–water partition coefficient (Wildman–Crippen LogP) is 5.50. The van der Waals surface area contributed by atoms with Crippen LogP contribution < -0.4 is 10.0 Å². The number of carbonyl (C=O) groups is 1. The molecule has 40 heavy (non-hydrogen) atoms. The normalized spacial score (nSPS) is 21.6. The van der Waals surface area contributed by atoms with E-state index < -0.39 is 0 Å². The van der Waals surface area contributed by atoms with Crippen LogP contribution in [0.4, 0.5) is 5.13 Å². The molecule has 0 bridgehead atoms. The molecular formula is C32H30N4O2S2. The minimum Gasteiger partial charge on any atom is -0.871 e. The summed E-state index contributed by atoms with van der Waals surface area (Å²) in [6.45, 7) is 3.82. The number of ketones is 1. The van der Waals surface area contributed by atoms with Gasteiger partial charge in [-0.05, 0) is 43.5 Å². The van der Waals surface area contributed by atoms with Gasteiger partial charge in [0.25, 0.3) is 0 Å². The van der Waals surface area contributed by atoms with Crippen molar-refractivity contribution in [3.8, 4) is 11.3 Å². The second kappa shape index (κ2) is 10.8. The smallest absolute Gasteiger partial charge is 0.360 e. The van der Waals surface area contributed by atoms with Gasteiger partial charge in [0.1, 0.15) is 0 Å². The van der Waals surface area contributed by atoms with E-state index in [-0.39, 0.29) is 22.7 Å². The summed E-state index contributed by atoms with van der Waals surface area (Å²) >= 11 is 2.96. The zero-order valence-electron chi connectivity index (χ0n) is 22.3. The van der Waals surface area contributed by atoms with E-state index in [1.807, 2.05) is 60.7 Å². The van der Waals surface area contributed by atoms with Crippen molar-refractivity contribution in [2.75, 3.05) is 31.1 Å². The summed E-state index contributed by atoms with van der Waals surface area (Å²) in [5.74, 6) is -0.385. The molecule has 2 saturated heterocycles. The first kappa shape index (κ1) is 25.5. The molecule has 0 amide bonds. The number of hydrogen-bond donors (Lipinski definition) is 0. The number of aromatic nitrogens is 1. The molecule has 2 fully saturated rings. The number of thiazole rings is 1. The van der Waals surface area contributed by atoms with Gasteiger partial charge in [-0.3, -0.25) is 9.37 Å². The van der Waals surface area contributed by atoms with Crippen molar-refractivity contribution >= 4 is 50.5 Å². The summed E-state index contributed by atoms with van der Waals surface area (Å²) < 4.78 is 2.30. The standard InChI is InChI=1S/C32H30N4O2S2/c37-27-23(29-25(21-13-5-1-6-14-21)33-31(39-29)35-17-9-3-10-18-35)28(38)24(27)30-26(22-15-7-2-8-16-22)34-32(40-30)36-19-11-4-12-20-36/h1-2,5-8,13-16H,3-4,9-12,17-20H2. The van der Waals surface area contributed by atoms with Crippen molar-refractivity contribution in [2.24, 2.45) is 4.99 Å². The maximum absolute atomic E-state index is 13.9. The molecule has 0 saturated carbocycles. The van der Waals surface area contributed by atoms with Gasteiger partial charge in [0.2, 0.25) is 0 Å². The van der Waals surface area contributed by atoms with Crippen molar-refractivity contribution in [2.45, 2.75) is 38.5 Å². The summed E-state index contributed by atoms with van der Waals surface area (Å²) in [5.41, 5.74) is 3.83. The minimum absolute atomic E-state index is 0.193. The average Bonchev–Trinajstić information content (AvgIpc) is 3.65. The summed E-state index contributed by atoms with van der Waals surface area (Å²) in [4.78, 5) is 27.6. The second-order valence-electron chi connectivity index (χ2n) is 10.6. The highest BCUT2D eigenvalue weighted by atomic mass is 32.2. The van der Waals surface area contributed by atoms with Gasteiger partial charge in [0.05, 0.1) is 28.6 Å². The topological polar surface area (TPSA) is 71.6 Å². The van der Waals surface area contributed by atoms with Crippen LogP contribution in [-0.4, -0.2) is 52.4 Å². The molecule has 4 heterocycles. The number of amidine groups is 1.